The van der Waals surface area contributed by atoms with Gasteiger partial charge in [-0.2, -0.15) is 0 Å². The summed E-state index contributed by atoms with van der Waals surface area (Å²) in [5, 5.41) is 3.08. The number of sulfonamides is 1. The number of hydrogen-bond acceptors (Lipinski definition) is 5. The van der Waals surface area contributed by atoms with Crippen LogP contribution in [0.1, 0.15) is 47.3 Å². The predicted octanol–water partition coefficient (Wildman–Crippen LogP) is 3.53. The topological polar surface area (TPSA) is 86.8 Å². The van der Waals surface area contributed by atoms with Gasteiger partial charge >= 0.3 is 0 Å². The summed E-state index contributed by atoms with van der Waals surface area (Å²) in [7, 11) is -3.73. The van der Waals surface area contributed by atoms with Crippen LogP contribution in [0.5, 0.6) is 0 Å². The molecule has 2 heterocycles. The molecule has 0 aromatic heterocycles. The number of amides is 2. The molecule has 0 spiro atoms. The lowest BCUT2D eigenvalue weighted by Crippen LogP contribution is -2.37. The highest BCUT2D eigenvalue weighted by Crippen LogP contribution is 2.31. The van der Waals surface area contributed by atoms with Gasteiger partial charge in [-0.15, -0.1) is 0 Å². The number of aryl methyl sites for hydroxylation is 1. The normalized spacial score (nSPS) is 21.4. The molecule has 2 aromatic rings. The number of anilines is 1. The van der Waals surface area contributed by atoms with Crippen LogP contribution >= 0.6 is 11.6 Å². The second-order valence-electron chi connectivity index (χ2n) is 8.83. The number of nitrogens with zero attached hydrogens (tertiary/aromatic N) is 2. The number of hydrogen-bond donors (Lipinski definition) is 1. The fourth-order valence-corrected chi connectivity index (χ4v) is 6.56. The van der Waals surface area contributed by atoms with Gasteiger partial charge in [-0.25, -0.2) is 12.7 Å². The number of rotatable bonds is 6. The van der Waals surface area contributed by atoms with Crippen LogP contribution in [0, 0.1) is 12.8 Å². The number of carbonyl (C=O) groups is 2. The van der Waals surface area contributed by atoms with Gasteiger partial charge < -0.3 is 5.32 Å². The molecule has 176 valence electrons. The van der Waals surface area contributed by atoms with Crippen molar-refractivity contribution in [3.8, 4) is 0 Å². The summed E-state index contributed by atoms with van der Waals surface area (Å²) in [5.41, 5.74) is 2.72. The largest absolute Gasteiger partial charge is 0.350 e. The maximum Gasteiger partial charge on any atom is 0.252 e. The zero-order valence-corrected chi connectivity index (χ0v) is 20.3. The van der Waals surface area contributed by atoms with Crippen molar-refractivity contribution < 1.29 is 18.0 Å². The summed E-state index contributed by atoms with van der Waals surface area (Å²) in [6.45, 7) is 6.02. The highest BCUT2D eigenvalue weighted by atomic mass is 35.5. The van der Waals surface area contributed by atoms with Gasteiger partial charge in [0.15, 0.2) is 0 Å². The van der Waals surface area contributed by atoms with Crippen LogP contribution in [0.2, 0.25) is 5.02 Å². The quantitative estimate of drug-likeness (QED) is 0.670. The Morgan fingerprint density at radius 1 is 1.15 bits per heavy atom. The fraction of sp³-hybridized carbons (Fsp3) is 0.417. The van der Waals surface area contributed by atoms with E-state index in [1.165, 1.54) is 23.8 Å². The Morgan fingerprint density at radius 3 is 2.39 bits per heavy atom. The van der Waals surface area contributed by atoms with E-state index in [-0.39, 0.29) is 34.0 Å². The number of nitrogens with one attached hydrogen (secondary N) is 1. The van der Waals surface area contributed by atoms with Crippen molar-refractivity contribution >= 4 is 39.1 Å². The summed E-state index contributed by atoms with van der Waals surface area (Å²) in [6, 6.07) is 12.7. The lowest BCUT2D eigenvalue weighted by Gasteiger charge is -2.28. The smallest absolute Gasteiger partial charge is 0.252 e. The molecule has 2 fully saturated rings. The van der Waals surface area contributed by atoms with Crippen LogP contribution in [-0.4, -0.2) is 50.5 Å². The molecule has 2 aliphatic rings. The van der Waals surface area contributed by atoms with E-state index in [4.69, 9.17) is 11.6 Å². The van der Waals surface area contributed by atoms with Crippen molar-refractivity contribution in [2.24, 2.45) is 5.92 Å². The molecule has 2 amide bonds. The summed E-state index contributed by atoms with van der Waals surface area (Å²) < 4.78 is 25.5. The first-order chi connectivity index (χ1) is 15.7. The van der Waals surface area contributed by atoms with Gasteiger partial charge in [0, 0.05) is 6.54 Å². The van der Waals surface area contributed by atoms with Crippen molar-refractivity contribution in [2.45, 2.75) is 32.7 Å². The van der Waals surface area contributed by atoms with Crippen molar-refractivity contribution in [3.05, 3.63) is 64.2 Å². The average Bonchev–Trinajstić information content (AvgIpc) is 3.35. The first kappa shape index (κ1) is 23.7. The second kappa shape index (κ2) is 9.44. The molecule has 1 N–H and O–H groups in total. The standard InChI is InChI=1S/C24H28ClN3O4S/c1-16-5-7-18(8-6-16)22(27-11-3-4-12-27)14-26-23(29)20-10-9-19(13-21(20)25)28-24(30)17(2)15-33(28,31)32/h5-10,13,17,22H,3-4,11-12,14-15H2,1-2H3,(H,26,29). The Labute approximate surface area is 199 Å². The van der Waals surface area contributed by atoms with Gasteiger partial charge in [-0.05, 0) is 56.6 Å². The van der Waals surface area contributed by atoms with Crippen molar-refractivity contribution in [1.82, 2.24) is 10.2 Å². The predicted molar refractivity (Wildman–Crippen MR) is 129 cm³/mol. The van der Waals surface area contributed by atoms with E-state index in [0.29, 0.717) is 6.54 Å². The molecule has 2 aliphatic heterocycles. The van der Waals surface area contributed by atoms with Crippen LogP contribution < -0.4 is 9.62 Å². The lowest BCUT2D eigenvalue weighted by atomic mass is 10.0. The molecule has 2 saturated heterocycles. The first-order valence-corrected chi connectivity index (χ1v) is 13.1. The molecular weight excluding hydrogens is 462 g/mol. The lowest BCUT2D eigenvalue weighted by molar-refractivity contribution is -0.119. The van der Waals surface area contributed by atoms with E-state index >= 15 is 0 Å². The monoisotopic (exact) mass is 489 g/mol. The van der Waals surface area contributed by atoms with Gasteiger partial charge in [0.1, 0.15) is 0 Å². The number of carbonyl (C=O) groups excluding carboxylic acids is 2. The Kier molecular flexibility index (Phi) is 6.79. The average molecular weight is 490 g/mol. The van der Waals surface area contributed by atoms with E-state index in [0.717, 1.165) is 35.8 Å². The zero-order chi connectivity index (χ0) is 23.8. The van der Waals surface area contributed by atoms with Crippen molar-refractivity contribution in [2.75, 3.05) is 29.7 Å². The van der Waals surface area contributed by atoms with Crippen LogP contribution in [-0.2, 0) is 14.8 Å². The summed E-state index contributed by atoms with van der Waals surface area (Å²) in [6.07, 6.45) is 2.28. The van der Waals surface area contributed by atoms with Crippen molar-refractivity contribution in [1.29, 1.82) is 0 Å². The number of likely N-dealkylation sites (tertiary alicyclic amines) is 1. The maximum atomic E-state index is 12.9. The van der Waals surface area contributed by atoms with E-state index in [2.05, 4.69) is 34.5 Å². The van der Waals surface area contributed by atoms with Crippen LogP contribution in [0.15, 0.2) is 42.5 Å². The minimum atomic E-state index is -3.73. The van der Waals surface area contributed by atoms with Crippen molar-refractivity contribution in [3.63, 3.8) is 0 Å². The van der Waals surface area contributed by atoms with Crippen LogP contribution in [0.3, 0.4) is 0 Å². The van der Waals surface area contributed by atoms with E-state index in [9.17, 15) is 18.0 Å². The molecular formula is C24H28ClN3O4S. The van der Waals surface area contributed by atoms with E-state index < -0.39 is 21.8 Å². The molecule has 0 saturated carbocycles. The summed E-state index contributed by atoms with van der Waals surface area (Å²) in [4.78, 5) is 27.6. The molecule has 4 rings (SSSR count). The highest BCUT2D eigenvalue weighted by molar-refractivity contribution is 7.94. The number of halogens is 1. The molecule has 7 nitrogen and oxygen atoms in total. The molecule has 0 bridgehead atoms. The zero-order valence-electron chi connectivity index (χ0n) is 18.8. The molecule has 2 atom stereocenters. The third-order valence-corrected chi connectivity index (χ3v) is 8.47. The minimum Gasteiger partial charge on any atom is -0.350 e. The summed E-state index contributed by atoms with van der Waals surface area (Å²) >= 11 is 6.35. The molecule has 9 heteroatoms. The molecule has 2 unspecified atom stereocenters. The Hall–Kier alpha value is -2.42. The van der Waals surface area contributed by atoms with Gasteiger partial charge in [0.05, 0.1) is 34.0 Å². The van der Waals surface area contributed by atoms with Gasteiger partial charge in [0.25, 0.3) is 5.91 Å². The Bertz CT molecular complexity index is 1160. The SMILES string of the molecule is Cc1ccc(C(CNC(=O)c2ccc(N3C(=O)C(C)CS3(=O)=O)cc2Cl)N2CCCC2)cc1. The van der Waals surface area contributed by atoms with Crippen LogP contribution in [0.4, 0.5) is 5.69 Å². The molecule has 0 radical (unpaired) electrons. The third-order valence-electron chi connectivity index (χ3n) is 6.29. The maximum absolute atomic E-state index is 12.9. The molecule has 2 aromatic carbocycles. The van der Waals surface area contributed by atoms with Crippen LogP contribution in [0.25, 0.3) is 0 Å². The van der Waals surface area contributed by atoms with Gasteiger partial charge in [-0.3, -0.25) is 14.5 Å². The first-order valence-electron chi connectivity index (χ1n) is 11.1. The number of benzene rings is 2. The Morgan fingerprint density at radius 2 is 1.82 bits per heavy atom. The second-order valence-corrected chi connectivity index (χ2v) is 11.1. The molecule has 0 aliphatic carbocycles. The van der Waals surface area contributed by atoms with Gasteiger partial charge in [-0.1, -0.05) is 48.4 Å². The highest BCUT2D eigenvalue weighted by Gasteiger charge is 2.42. The van der Waals surface area contributed by atoms with Gasteiger partial charge in [0.2, 0.25) is 15.9 Å². The van der Waals surface area contributed by atoms with E-state index in [1.807, 2.05) is 6.92 Å². The third kappa shape index (κ3) is 4.93. The van der Waals surface area contributed by atoms with E-state index in [1.54, 1.807) is 6.92 Å². The molecule has 33 heavy (non-hydrogen) atoms. The minimum absolute atomic E-state index is 0.0592. The Balaban J connectivity index is 1.50. The summed E-state index contributed by atoms with van der Waals surface area (Å²) in [5.74, 6) is -1.68. The fourth-order valence-electron chi connectivity index (χ4n) is 4.49.